The zero-order chi connectivity index (χ0) is 8.72. The van der Waals surface area contributed by atoms with Crippen LogP contribution in [0.5, 0.6) is 0 Å². The second-order valence-electron chi connectivity index (χ2n) is 2.39. The summed E-state index contributed by atoms with van der Waals surface area (Å²) in [5, 5.41) is 0. The topological polar surface area (TPSA) is 31.6 Å². The molecule has 62 valence electrons. The molecule has 0 spiro atoms. The lowest BCUT2D eigenvalue weighted by molar-refractivity contribution is 0.622. The van der Waals surface area contributed by atoms with Gasteiger partial charge in [-0.25, -0.2) is 4.39 Å². The van der Waals surface area contributed by atoms with Gasteiger partial charge in [0.2, 0.25) is 0 Å². The van der Waals surface area contributed by atoms with Crippen LogP contribution in [-0.4, -0.2) is 9.97 Å². The highest BCUT2D eigenvalue weighted by atomic mass is 127. The Hall–Kier alpha value is -0.430. The van der Waals surface area contributed by atoms with Crippen molar-refractivity contribution in [1.82, 2.24) is 9.97 Å². The molecule has 0 atom stereocenters. The van der Waals surface area contributed by atoms with Gasteiger partial charge in [-0.3, -0.25) is 0 Å². The number of aromatic amines is 2. The molecule has 5 heteroatoms. The summed E-state index contributed by atoms with van der Waals surface area (Å²) < 4.78 is 14.1. The second-order valence-corrected chi connectivity index (χ2v) is 3.96. The Labute approximate surface area is 86.3 Å². The first kappa shape index (κ1) is 8.18. The molecule has 2 rings (SSSR count). The highest BCUT2D eigenvalue weighted by Crippen LogP contribution is 2.17. The molecule has 1 aromatic heterocycles. The third-order valence-electron chi connectivity index (χ3n) is 1.56. The monoisotopic (exact) mass is 294 g/mol. The summed E-state index contributed by atoms with van der Waals surface area (Å²) in [6.45, 7) is 0. The summed E-state index contributed by atoms with van der Waals surface area (Å²) in [4.78, 5) is 5.76. The first-order valence-electron chi connectivity index (χ1n) is 3.24. The van der Waals surface area contributed by atoms with E-state index in [0.29, 0.717) is 13.9 Å². The number of hydrogen-bond donors (Lipinski definition) is 2. The number of benzene rings is 1. The zero-order valence-electron chi connectivity index (χ0n) is 5.82. The average molecular weight is 294 g/mol. The minimum Gasteiger partial charge on any atom is -0.331 e. The third kappa shape index (κ3) is 1.27. The maximum atomic E-state index is 13.0. The van der Waals surface area contributed by atoms with Gasteiger partial charge in [-0.15, -0.1) is 0 Å². The molecule has 1 heterocycles. The van der Waals surface area contributed by atoms with Crippen LogP contribution in [0.1, 0.15) is 0 Å². The SMILES string of the molecule is Fc1cc2[nH]c(=S)[nH]c2cc1I. The van der Waals surface area contributed by atoms with Crippen LogP contribution in [0.15, 0.2) is 12.1 Å². The lowest BCUT2D eigenvalue weighted by Gasteiger charge is -1.92. The van der Waals surface area contributed by atoms with Gasteiger partial charge in [0.15, 0.2) is 4.77 Å². The van der Waals surface area contributed by atoms with Gasteiger partial charge < -0.3 is 9.97 Å². The van der Waals surface area contributed by atoms with E-state index in [2.05, 4.69) is 9.97 Å². The van der Waals surface area contributed by atoms with Crippen molar-refractivity contribution in [3.05, 3.63) is 26.3 Å². The van der Waals surface area contributed by atoms with Crippen molar-refractivity contribution in [2.45, 2.75) is 0 Å². The van der Waals surface area contributed by atoms with Crippen LogP contribution in [-0.2, 0) is 0 Å². The van der Waals surface area contributed by atoms with E-state index in [1.807, 2.05) is 22.6 Å². The number of nitrogens with one attached hydrogen (secondary N) is 2. The molecule has 2 nitrogen and oxygen atoms in total. The van der Waals surface area contributed by atoms with E-state index < -0.39 is 0 Å². The van der Waals surface area contributed by atoms with Gasteiger partial charge in [-0.05, 0) is 40.9 Å². The van der Waals surface area contributed by atoms with Crippen LogP contribution < -0.4 is 0 Å². The fourth-order valence-corrected chi connectivity index (χ4v) is 1.72. The predicted octanol–water partition coefficient (Wildman–Crippen LogP) is 2.97. The minimum atomic E-state index is -0.228. The zero-order valence-corrected chi connectivity index (χ0v) is 8.79. The first-order valence-corrected chi connectivity index (χ1v) is 4.72. The van der Waals surface area contributed by atoms with Crippen LogP contribution in [0.25, 0.3) is 11.0 Å². The van der Waals surface area contributed by atoms with E-state index in [0.717, 1.165) is 5.52 Å². The number of H-pyrrole nitrogens is 2. The number of imidazole rings is 1. The van der Waals surface area contributed by atoms with Crippen molar-refractivity contribution < 1.29 is 4.39 Å². The quantitative estimate of drug-likeness (QED) is 0.568. The normalized spacial score (nSPS) is 10.8. The lowest BCUT2D eigenvalue weighted by atomic mass is 10.3. The van der Waals surface area contributed by atoms with Crippen molar-refractivity contribution in [2.24, 2.45) is 0 Å². The number of aromatic nitrogens is 2. The first-order chi connectivity index (χ1) is 5.66. The van der Waals surface area contributed by atoms with Crippen LogP contribution in [0.3, 0.4) is 0 Å². The molecule has 0 fully saturated rings. The van der Waals surface area contributed by atoms with Crippen LogP contribution >= 0.6 is 34.8 Å². The molecule has 0 aliphatic rings. The third-order valence-corrected chi connectivity index (χ3v) is 2.59. The molecular formula is C7H4FIN2S. The fourth-order valence-electron chi connectivity index (χ4n) is 1.03. The van der Waals surface area contributed by atoms with E-state index in [4.69, 9.17) is 12.2 Å². The van der Waals surface area contributed by atoms with Gasteiger partial charge in [-0.2, -0.15) is 0 Å². The van der Waals surface area contributed by atoms with Crippen molar-refractivity contribution in [3.8, 4) is 0 Å². The molecule has 0 aliphatic carbocycles. The number of rotatable bonds is 0. The molecule has 0 saturated carbocycles. The van der Waals surface area contributed by atoms with Gasteiger partial charge >= 0.3 is 0 Å². The predicted molar refractivity (Wildman–Crippen MR) is 56.2 cm³/mol. The lowest BCUT2D eigenvalue weighted by Crippen LogP contribution is -1.80. The van der Waals surface area contributed by atoms with Crippen LogP contribution in [0.4, 0.5) is 4.39 Å². The Morgan fingerprint density at radius 3 is 2.50 bits per heavy atom. The number of halogens is 2. The van der Waals surface area contributed by atoms with E-state index in [-0.39, 0.29) is 5.82 Å². The summed E-state index contributed by atoms with van der Waals surface area (Å²) in [5.41, 5.74) is 1.55. The molecule has 0 amide bonds. The molecule has 0 saturated heterocycles. The smallest absolute Gasteiger partial charge is 0.175 e. The molecule has 2 N–H and O–H groups in total. The van der Waals surface area contributed by atoms with Crippen molar-refractivity contribution >= 4 is 45.8 Å². The molecule has 0 aliphatic heterocycles. The molecular weight excluding hydrogens is 290 g/mol. The van der Waals surface area contributed by atoms with Crippen molar-refractivity contribution in [2.75, 3.05) is 0 Å². The standard InChI is InChI=1S/C7H4FIN2S/c8-3-1-5-6(2-4(3)9)11-7(12)10-5/h1-2H,(H2,10,11,12). The van der Waals surface area contributed by atoms with Gasteiger partial charge in [0, 0.05) is 6.07 Å². The highest BCUT2D eigenvalue weighted by Gasteiger charge is 2.02. The summed E-state index contributed by atoms with van der Waals surface area (Å²) in [5.74, 6) is -0.228. The molecule has 12 heavy (non-hydrogen) atoms. The maximum absolute atomic E-state index is 13.0. The molecule has 0 bridgehead atoms. The van der Waals surface area contributed by atoms with Gasteiger partial charge in [0.1, 0.15) is 5.82 Å². The molecule has 1 aromatic carbocycles. The second kappa shape index (κ2) is 2.81. The van der Waals surface area contributed by atoms with Crippen LogP contribution in [0.2, 0.25) is 0 Å². The minimum absolute atomic E-state index is 0.228. The number of fused-ring (bicyclic) bond motifs is 1. The van der Waals surface area contributed by atoms with E-state index in [9.17, 15) is 4.39 Å². The van der Waals surface area contributed by atoms with E-state index in [1.165, 1.54) is 6.07 Å². The Morgan fingerprint density at radius 1 is 1.25 bits per heavy atom. The van der Waals surface area contributed by atoms with E-state index in [1.54, 1.807) is 6.07 Å². The maximum Gasteiger partial charge on any atom is 0.175 e. The summed E-state index contributed by atoms with van der Waals surface area (Å²) in [6, 6.07) is 3.15. The Morgan fingerprint density at radius 2 is 1.83 bits per heavy atom. The van der Waals surface area contributed by atoms with Gasteiger partial charge in [0.05, 0.1) is 14.6 Å². The molecule has 0 radical (unpaired) electrons. The molecule has 0 unspecified atom stereocenters. The Bertz CT molecular complexity index is 446. The van der Waals surface area contributed by atoms with Gasteiger partial charge in [0.25, 0.3) is 0 Å². The highest BCUT2D eigenvalue weighted by molar-refractivity contribution is 14.1. The summed E-state index contributed by atoms with van der Waals surface area (Å²) in [6.07, 6.45) is 0. The number of hydrogen-bond acceptors (Lipinski definition) is 1. The Kier molecular flexibility index (Phi) is 1.91. The fraction of sp³-hybridized carbons (Fsp3) is 0. The summed E-state index contributed by atoms with van der Waals surface area (Å²) in [7, 11) is 0. The average Bonchev–Trinajstić information content (AvgIpc) is 2.30. The summed E-state index contributed by atoms with van der Waals surface area (Å²) >= 11 is 6.80. The Balaban J connectivity index is 2.92. The van der Waals surface area contributed by atoms with E-state index >= 15 is 0 Å². The van der Waals surface area contributed by atoms with Crippen molar-refractivity contribution in [1.29, 1.82) is 0 Å². The molecule has 2 aromatic rings. The van der Waals surface area contributed by atoms with Crippen LogP contribution in [0, 0.1) is 14.2 Å². The van der Waals surface area contributed by atoms with Crippen molar-refractivity contribution in [3.63, 3.8) is 0 Å². The largest absolute Gasteiger partial charge is 0.331 e. The van der Waals surface area contributed by atoms with Gasteiger partial charge in [-0.1, -0.05) is 0 Å².